The molecule has 1 aromatic carbocycles. The minimum atomic E-state index is 0.385. The maximum absolute atomic E-state index is 5.57. The van der Waals surface area contributed by atoms with Gasteiger partial charge in [0.15, 0.2) is 11.5 Å². The lowest BCUT2D eigenvalue weighted by Crippen LogP contribution is -2.15. The van der Waals surface area contributed by atoms with Crippen molar-refractivity contribution in [3.05, 3.63) is 18.0 Å². The normalized spacial score (nSPS) is 22.6. The van der Waals surface area contributed by atoms with Gasteiger partial charge in [-0.1, -0.05) is 0 Å². The van der Waals surface area contributed by atoms with Gasteiger partial charge in [0, 0.05) is 24.7 Å². The van der Waals surface area contributed by atoms with Gasteiger partial charge in [-0.05, 0) is 6.42 Å². The summed E-state index contributed by atoms with van der Waals surface area (Å²) in [5, 5.41) is 0. The van der Waals surface area contributed by atoms with Crippen LogP contribution in [0.15, 0.2) is 12.1 Å². The molecule has 5 heteroatoms. The van der Waals surface area contributed by atoms with Crippen LogP contribution in [-0.4, -0.2) is 36.4 Å². The number of nitrogens with one attached hydrogen (secondary N) is 1. The highest BCUT2D eigenvalue weighted by Crippen LogP contribution is 2.35. The summed E-state index contributed by atoms with van der Waals surface area (Å²) in [7, 11) is 0. The van der Waals surface area contributed by atoms with Crippen molar-refractivity contribution in [1.82, 2.24) is 9.97 Å². The van der Waals surface area contributed by atoms with Gasteiger partial charge in [-0.25, -0.2) is 4.98 Å². The smallest absolute Gasteiger partial charge is 0.163 e. The third-order valence-electron chi connectivity index (χ3n) is 3.48. The molecule has 2 aromatic rings. The van der Waals surface area contributed by atoms with Crippen molar-refractivity contribution in [1.29, 1.82) is 0 Å². The molecule has 1 unspecified atom stereocenters. The molecular weight excluding hydrogens is 232 g/mol. The van der Waals surface area contributed by atoms with Crippen LogP contribution in [0.1, 0.15) is 18.2 Å². The Labute approximate surface area is 104 Å². The average Bonchev–Trinajstić information content (AvgIpc) is 3.04. The van der Waals surface area contributed by atoms with Crippen molar-refractivity contribution in [3.63, 3.8) is 0 Å². The Morgan fingerprint density at radius 2 is 1.94 bits per heavy atom. The zero-order valence-electron chi connectivity index (χ0n) is 9.94. The Kier molecular flexibility index (Phi) is 2.20. The van der Waals surface area contributed by atoms with Crippen molar-refractivity contribution in [2.24, 2.45) is 0 Å². The molecule has 1 aromatic heterocycles. The van der Waals surface area contributed by atoms with Gasteiger partial charge in [0.1, 0.15) is 19.0 Å². The molecule has 1 fully saturated rings. The molecule has 4 rings (SSSR count). The van der Waals surface area contributed by atoms with E-state index in [-0.39, 0.29) is 0 Å². The number of nitrogens with zero attached hydrogens (tertiary/aromatic N) is 1. The second-order valence-electron chi connectivity index (χ2n) is 4.70. The minimum absolute atomic E-state index is 0.385. The van der Waals surface area contributed by atoms with E-state index in [1.807, 2.05) is 12.1 Å². The SMILES string of the molecule is c1c2c(cc3[nH]c(C4CCOC4)nc13)OCCO2. The van der Waals surface area contributed by atoms with Crippen LogP contribution in [0.4, 0.5) is 0 Å². The number of aromatic amines is 1. The number of fused-ring (bicyclic) bond motifs is 2. The molecular formula is C13H14N2O3. The Balaban J connectivity index is 1.79. The van der Waals surface area contributed by atoms with E-state index in [0.717, 1.165) is 48.0 Å². The molecule has 0 aliphatic carbocycles. The summed E-state index contributed by atoms with van der Waals surface area (Å²) in [5.41, 5.74) is 1.93. The molecule has 0 radical (unpaired) electrons. The highest BCUT2D eigenvalue weighted by molar-refractivity contribution is 5.80. The van der Waals surface area contributed by atoms with Gasteiger partial charge in [-0.2, -0.15) is 0 Å². The average molecular weight is 246 g/mol. The third kappa shape index (κ3) is 1.54. The van der Waals surface area contributed by atoms with Crippen LogP contribution in [0, 0.1) is 0 Å². The topological polar surface area (TPSA) is 56.4 Å². The Hall–Kier alpha value is -1.75. The maximum Gasteiger partial charge on any atom is 0.163 e. The first-order chi connectivity index (χ1) is 8.90. The van der Waals surface area contributed by atoms with E-state index in [2.05, 4.69) is 9.97 Å². The second-order valence-corrected chi connectivity index (χ2v) is 4.70. The summed E-state index contributed by atoms with van der Waals surface area (Å²) in [5.74, 6) is 2.97. The van der Waals surface area contributed by atoms with Gasteiger partial charge in [-0.3, -0.25) is 0 Å². The van der Waals surface area contributed by atoms with Crippen LogP contribution in [0.25, 0.3) is 11.0 Å². The van der Waals surface area contributed by atoms with Crippen LogP contribution in [-0.2, 0) is 4.74 Å². The number of aromatic nitrogens is 2. The Morgan fingerprint density at radius 1 is 1.11 bits per heavy atom. The molecule has 1 N–H and O–H groups in total. The van der Waals surface area contributed by atoms with Crippen LogP contribution in [0.3, 0.4) is 0 Å². The lowest BCUT2D eigenvalue weighted by Gasteiger charge is -2.17. The van der Waals surface area contributed by atoms with E-state index < -0.39 is 0 Å². The van der Waals surface area contributed by atoms with E-state index in [1.54, 1.807) is 0 Å². The predicted molar refractivity (Wildman–Crippen MR) is 65.3 cm³/mol. The van der Waals surface area contributed by atoms with Crippen LogP contribution < -0.4 is 9.47 Å². The van der Waals surface area contributed by atoms with E-state index in [4.69, 9.17) is 14.2 Å². The molecule has 1 atom stereocenters. The zero-order valence-corrected chi connectivity index (χ0v) is 9.94. The highest BCUT2D eigenvalue weighted by Gasteiger charge is 2.22. The number of hydrogen-bond acceptors (Lipinski definition) is 4. The first-order valence-electron chi connectivity index (χ1n) is 6.27. The molecule has 2 aliphatic heterocycles. The molecule has 18 heavy (non-hydrogen) atoms. The van der Waals surface area contributed by atoms with Gasteiger partial charge < -0.3 is 19.2 Å². The summed E-state index contributed by atoms with van der Waals surface area (Å²) in [4.78, 5) is 7.99. The first kappa shape index (κ1) is 10.2. The van der Waals surface area contributed by atoms with Crippen LogP contribution >= 0.6 is 0 Å². The second kappa shape index (κ2) is 3.88. The van der Waals surface area contributed by atoms with Crippen LogP contribution in [0.2, 0.25) is 0 Å². The van der Waals surface area contributed by atoms with Crippen LogP contribution in [0.5, 0.6) is 11.5 Å². The van der Waals surface area contributed by atoms with Gasteiger partial charge in [-0.15, -0.1) is 0 Å². The molecule has 0 bridgehead atoms. The standard InChI is InChI=1S/C13H14N2O3/c1-2-16-7-8(1)13-14-9-5-11-12(6-10(9)15-13)18-4-3-17-11/h5-6,8H,1-4,7H2,(H,14,15). The molecule has 94 valence electrons. The molecule has 0 amide bonds. The van der Waals surface area contributed by atoms with Gasteiger partial charge in [0.05, 0.1) is 17.6 Å². The van der Waals surface area contributed by atoms with Crippen molar-refractivity contribution in [2.75, 3.05) is 26.4 Å². The molecule has 1 saturated heterocycles. The van der Waals surface area contributed by atoms with E-state index in [0.29, 0.717) is 19.1 Å². The quantitative estimate of drug-likeness (QED) is 0.834. The number of ether oxygens (including phenoxy) is 3. The van der Waals surface area contributed by atoms with Crippen molar-refractivity contribution in [3.8, 4) is 11.5 Å². The van der Waals surface area contributed by atoms with Crippen molar-refractivity contribution in [2.45, 2.75) is 12.3 Å². The largest absolute Gasteiger partial charge is 0.486 e. The molecule has 3 heterocycles. The lowest BCUT2D eigenvalue weighted by atomic mass is 10.1. The Bertz CT molecular complexity index is 544. The summed E-state index contributed by atoms with van der Waals surface area (Å²) < 4.78 is 16.5. The summed E-state index contributed by atoms with van der Waals surface area (Å²) in [6, 6.07) is 3.91. The van der Waals surface area contributed by atoms with E-state index in [1.165, 1.54) is 0 Å². The Morgan fingerprint density at radius 3 is 2.72 bits per heavy atom. The summed E-state index contributed by atoms with van der Waals surface area (Å²) in [6.45, 7) is 2.79. The number of imidazole rings is 1. The van der Waals surface area contributed by atoms with Gasteiger partial charge in [0.25, 0.3) is 0 Å². The van der Waals surface area contributed by atoms with Gasteiger partial charge >= 0.3 is 0 Å². The number of hydrogen-bond donors (Lipinski definition) is 1. The number of benzene rings is 1. The predicted octanol–water partition coefficient (Wildman–Crippen LogP) is 1.84. The summed E-state index contributed by atoms with van der Waals surface area (Å²) >= 11 is 0. The van der Waals surface area contributed by atoms with Crippen molar-refractivity contribution >= 4 is 11.0 Å². The maximum atomic E-state index is 5.57. The minimum Gasteiger partial charge on any atom is -0.486 e. The van der Waals surface area contributed by atoms with Crippen molar-refractivity contribution < 1.29 is 14.2 Å². The van der Waals surface area contributed by atoms with E-state index in [9.17, 15) is 0 Å². The molecule has 0 spiro atoms. The summed E-state index contributed by atoms with van der Waals surface area (Å²) in [6.07, 6.45) is 1.03. The van der Waals surface area contributed by atoms with E-state index >= 15 is 0 Å². The fraction of sp³-hybridized carbons (Fsp3) is 0.462. The fourth-order valence-corrected chi connectivity index (χ4v) is 2.51. The molecule has 0 saturated carbocycles. The number of H-pyrrole nitrogens is 1. The highest BCUT2D eigenvalue weighted by atomic mass is 16.6. The van der Waals surface area contributed by atoms with Gasteiger partial charge in [0.2, 0.25) is 0 Å². The fourth-order valence-electron chi connectivity index (χ4n) is 2.51. The monoisotopic (exact) mass is 246 g/mol. The molecule has 2 aliphatic rings. The zero-order chi connectivity index (χ0) is 11.9. The first-order valence-corrected chi connectivity index (χ1v) is 6.27. The lowest BCUT2D eigenvalue weighted by molar-refractivity contribution is 0.172. The third-order valence-corrected chi connectivity index (χ3v) is 3.48. The molecule has 5 nitrogen and oxygen atoms in total. The number of rotatable bonds is 1.